The van der Waals surface area contributed by atoms with Gasteiger partial charge >= 0.3 is 18.0 Å². The molecular formula is C49H50N2O5. The average Bonchev–Trinajstić information content (AvgIpc) is 3.22. The Balaban J connectivity index is 1.28. The van der Waals surface area contributed by atoms with Gasteiger partial charge in [0, 0.05) is 25.9 Å². The first-order valence-electron chi connectivity index (χ1n) is 19.3. The Bertz CT molecular complexity index is 2180. The molecule has 0 heterocycles. The van der Waals surface area contributed by atoms with Crippen molar-refractivity contribution in [2.24, 2.45) is 11.8 Å². The van der Waals surface area contributed by atoms with Crippen molar-refractivity contribution in [3.05, 3.63) is 180 Å². The van der Waals surface area contributed by atoms with Crippen molar-refractivity contribution < 1.29 is 24.2 Å². The predicted molar refractivity (Wildman–Crippen MR) is 223 cm³/mol. The van der Waals surface area contributed by atoms with Crippen LogP contribution in [0.3, 0.4) is 0 Å². The van der Waals surface area contributed by atoms with Crippen LogP contribution in [0.25, 0.3) is 21.9 Å². The lowest BCUT2D eigenvalue weighted by molar-refractivity contribution is -0.151. The first-order chi connectivity index (χ1) is 27.2. The minimum atomic E-state index is -1.69. The molecule has 0 aliphatic carbocycles. The van der Waals surface area contributed by atoms with Crippen LogP contribution >= 0.6 is 0 Å². The van der Waals surface area contributed by atoms with E-state index in [1.54, 1.807) is 4.90 Å². The number of fused-ring (bicyclic) bond motifs is 1. The van der Waals surface area contributed by atoms with Crippen LogP contribution in [0.1, 0.15) is 42.5 Å². The van der Waals surface area contributed by atoms with Gasteiger partial charge in [0.2, 0.25) is 0 Å². The van der Waals surface area contributed by atoms with Gasteiger partial charge in [-0.2, -0.15) is 0 Å². The second-order valence-electron chi connectivity index (χ2n) is 15.0. The molecule has 1 unspecified atom stereocenters. The van der Waals surface area contributed by atoms with E-state index in [0.717, 1.165) is 44.2 Å². The fourth-order valence-corrected chi connectivity index (χ4v) is 7.27. The molecule has 0 saturated heterocycles. The monoisotopic (exact) mass is 746 g/mol. The van der Waals surface area contributed by atoms with E-state index in [1.165, 1.54) is 0 Å². The first-order valence-corrected chi connectivity index (χ1v) is 19.3. The number of nitrogens with one attached hydrogen (secondary N) is 1. The Morgan fingerprint density at radius 2 is 1.20 bits per heavy atom. The molecule has 0 fully saturated rings. The molecule has 6 aromatic rings. The van der Waals surface area contributed by atoms with Crippen LogP contribution in [0.15, 0.2) is 158 Å². The Morgan fingerprint density at radius 1 is 0.643 bits per heavy atom. The predicted octanol–water partition coefficient (Wildman–Crippen LogP) is 9.78. The van der Waals surface area contributed by atoms with E-state index in [4.69, 9.17) is 4.74 Å². The third kappa shape index (κ3) is 10.5. The summed E-state index contributed by atoms with van der Waals surface area (Å²) in [5, 5.41) is 16.4. The van der Waals surface area contributed by atoms with Crippen molar-refractivity contribution in [2.75, 3.05) is 13.1 Å². The highest BCUT2D eigenvalue weighted by molar-refractivity contribution is 5.96. The molecule has 0 radical (unpaired) electrons. The molecule has 6 aromatic carbocycles. The lowest BCUT2D eigenvalue weighted by Gasteiger charge is -2.35. The molecule has 0 aliphatic rings. The fourth-order valence-electron chi connectivity index (χ4n) is 7.27. The summed E-state index contributed by atoms with van der Waals surface area (Å²) in [6.45, 7) is 4.51. The van der Waals surface area contributed by atoms with Gasteiger partial charge < -0.3 is 20.1 Å². The second kappa shape index (κ2) is 18.9. The molecule has 56 heavy (non-hydrogen) atoms. The minimum Gasteiger partial charge on any atom is -0.479 e. The largest absolute Gasteiger partial charge is 0.479 e. The van der Waals surface area contributed by atoms with Crippen LogP contribution in [0, 0.1) is 11.8 Å². The number of rotatable bonds is 17. The summed E-state index contributed by atoms with van der Waals surface area (Å²) in [6, 6.07) is 50.6. The second-order valence-corrected chi connectivity index (χ2v) is 15.0. The Hall–Kier alpha value is -6.21. The summed E-state index contributed by atoms with van der Waals surface area (Å²) in [5.74, 6) is -2.13. The van der Waals surface area contributed by atoms with Gasteiger partial charge in [0.25, 0.3) is 0 Å². The molecule has 0 aromatic heterocycles. The summed E-state index contributed by atoms with van der Waals surface area (Å²) in [7, 11) is 0. The zero-order valence-electron chi connectivity index (χ0n) is 32.1. The van der Waals surface area contributed by atoms with Crippen LogP contribution in [-0.2, 0) is 40.2 Å². The van der Waals surface area contributed by atoms with E-state index in [-0.39, 0.29) is 31.9 Å². The van der Waals surface area contributed by atoms with Crippen molar-refractivity contribution >= 4 is 28.7 Å². The Labute approximate surface area is 330 Å². The van der Waals surface area contributed by atoms with Crippen molar-refractivity contribution in [1.29, 1.82) is 0 Å². The summed E-state index contributed by atoms with van der Waals surface area (Å²) in [4.78, 5) is 43.5. The van der Waals surface area contributed by atoms with Gasteiger partial charge in [-0.1, -0.05) is 172 Å². The van der Waals surface area contributed by atoms with Gasteiger partial charge in [0.1, 0.15) is 12.1 Å². The number of ether oxygens (including phenoxy) is 1. The molecule has 0 saturated carbocycles. The van der Waals surface area contributed by atoms with Gasteiger partial charge in [-0.25, -0.2) is 9.59 Å². The fraction of sp³-hybridized carbons (Fsp3) is 0.245. The van der Waals surface area contributed by atoms with Crippen molar-refractivity contribution in [3.8, 4) is 11.1 Å². The minimum absolute atomic E-state index is 0.0465. The Morgan fingerprint density at radius 3 is 1.82 bits per heavy atom. The summed E-state index contributed by atoms with van der Waals surface area (Å²) < 4.78 is 5.84. The van der Waals surface area contributed by atoms with E-state index >= 15 is 0 Å². The lowest BCUT2D eigenvalue weighted by atomic mass is 9.84. The SMILES string of the molecule is CC(C)CN(CC(CCc1ccccc1)C(=O)OCc1ccccc1)C(=O)N[C@@](Cc1ccccc1)(Cc1ccc(-c2cccc3ccccc23)cc1)C(=O)O. The number of esters is 1. The highest BCUT2D eigenvalue weighted by atomic mass is 16.5. The van der Waals surface area contributed by atoms with Crippen LogP contribution in [-0.4, -0.2) is 46.6 Å². The van der Waals surface area contributed by atoms with E-state index in [9.17, 15) is 19.5 Å². The topological polar surface area (TPSA) is 95.9 Å². The van der Waals surface area contributed by atoms with E-state index in [0.29, 0.717) is 19.4 Å². The van der Waals surface area contributed by atoms with Crippen molar-refractivity contribution in [1.82, 2.24) is 10.2 Å². The molecule has 0 aliphatic heterocycles. The van der Waals surface area contributed by atoms with E-state index < -0.39 is 29.4 Å². The maximum absolute atomic E-state index is 14.6. The molecule has 2 amide bonds. The van der Waals surface area contributed by atoms with Crippen molar-refractivity contribution in [3.63, 3.8) is 0 Å². The first kappa shape index (κ1) is 39.5. The van der Waals surface area contributed by atoms with Gasteiger partial charge in [0.15, 0.2) is 0 Å². The number of carbonyl (C=O) groups is 3. The third-order valence-electron chi connectivity index (χ3n) is 10.2. The normalized spacial score (nSPS) is 12.8. The number of aliphatic carboxylic acids is 1. The maximum atomic E-state index is 14.6. The summed E-state index contributed by atoms with van der Waals surface area (Å²) in [5.41, 5.74) is 3.91. The molecular weight excluding hydrogens is 697 g/mol. The molecule has 0 spiro atoms. The van der Waals surface area contributed by atoms with Gasteiger partial charge in [-0.05, 0) is 62.9 Å². The highest BCUT2D eigenvalue weighted by Gasteiger charge is 2.42. The number of amides is 2. The zero-order chi connectivity index (χ0) is 39.3. The smallest absolute Gasteiger partial charge is 0.330 e. The number of carbonyl (C=O) groups excluding carboxylic acids is 2. The molecule has 7 heteroatoms. The number of hydrogen-bond donors (Lipinski definition) is 2. The van der Waals surface area contributed by atoms with Crippen LogP contribution in [0.5, 0.6) is 0 Å². The molecule has 0 bridgehead atoms. The molecule has 2 N–H and O–H groups in total. The zero-order valence-corrected chi connectivity index (χ0v) is 32.1. The van der Waals surface area contributed by atoms with E-state index in [1.807, 2.05) is 147 Å². The number of urea groups is 1. The van der Waals surface area contributed by atoms with Crippen molar-refractivity contribution in [2.45, 2.75) is 51.7 Å². The molecule has 2 atom stereocenters. The number of carboxylic acids is 1. The number of nitrogens with zero attached hydrogens (tertiary/aromatic N) is 1. The third-order valence-corrected chi connectivity index (χ3v) is 10.2. The molecule has 286 valence electrons. The lowest BCUT2D eigenvalue weighted by Crippen LogP contribution is -2.61. The van der Waals surface area contributed by atoms with Crippen LogP contribution in [0.2, 0.25) is 0 Å². The number of hydrogen-bond acceptors (Lipinski definition) is 4. The quantitative estimate of drug-likeness (QED) is 0.0907. The number of benzene rings is 6. The van der Waals surface area contributed by atoms with Crippen LogP contribution in [0.4, 0.5) is 4.79 Å². The highest BCUT2D eigenvalue weighted by Crippen LogP contribution is 2.30. The van der Waals surface area contributed by atoms with Gasteiger partial charge in [-0.3, -0.25) is 4.79 Å². The number of carboxylic acid groups (broad SMARTS) is 1. The molecule has 6 rings (SSSR count). The van der Waals surface area contributed by atoms with E-state index in [2.05, 4.69) is 29.6 Å². The Kier molecular flexibility index (Phi) is 13.3. The number of aryl methyl sites for hydroxylation is 1. The van der Waals surface area contributed by atoms with Gasteiger partial charge in [-0.15, -0.1) is 0 Å². The summed E-state index contributed by atoms with van der Waals surface area (Å²) in [6.07, 6.45) is 1.18. The van der Waals surface area contributed by atoms with Crippen LogP contribution < -0.4 is 5.32 Å². The maximum Gasteiger partial charge on any atom is 0.330 e. The average molecular weight is 747 g/mol. The standard InChI is InChI=1S/C49H50N2O5/c1-36(2)33-51(34-43(30-25-37-15-6-3-7-16-37)46(52)56-35-40-19-10-5-11-20-40)48(55)50-49(47(53)54,31-38-17-8-4-9-18-38)32-39-26-28-42(29-27-39)45-24-14-22-41-21-12-13-23-44(41)45/h3-24,26-29,36,43H,25,30-35H2,1-2H3,(H,50,55)(H,53,54)/t43?,49-/m0/s1. The van der Waals surface area contributed by atoms with Gasteiger partial charge in [0.05, 0.1) is 5.92 Å². The summed E-state index contributed by atoms with van der Waals surface area (Å²) >= 11 is 0. The molecule has 7 nitrogen and oxygen atoms in total.